The average molecular weight is 280 g/mol. The minimum atomic E-state index is -4.62. The molecule has 0 fully saturated rings. The number of hydrogen-bond acceptors (Lipinski definition) is 3. The zero-order chi connectivity index (χ0) is 14.6. The van der Waals surface area contributed by atoms with Gasteiger partial charge in [-0.25, -0.2) is 4.68 Å². The Balaban J connectivity index is 2.07. The zero-order valence-corrected chi connectivity index (χ0v) is 10.4. The molecule has 20 heavy (non-hydrogen) atoms. The molecule has 0 aliphatic heterocycles. The summed E-state index contributed by atoms with van der Waals surface area (Å²) >= 11 is 0. The van der Waals surface area contributed by atoms with Gasteiger partial charge in [-0.2, -0.15) is 18.4 Å². The molecule has 0 unspecified atom stereocenters. The van der Waals surface area contributed by atoms with Crippen LogP contribution in [0.25, 0.3) is 0 Å². The summed E-state index contributed by atoms with van der Waals surface area (Å²) < 4.78 is 39.2. The lowest BCUT2D eigenvalue weighted by Crippen LogP contribution is -2.16. The highest BCUT2D eigenvalue weighted by molar-refractivity contribution is 5.26. The smallest absolute Gasteiger partial charge is 0.239 e. The van der Waals surface area contributed by atoms with E-state index in [2.05, 4.69) is 10.3 Å². The quantitative estimate of drug-likeness (QED) is 0.865. The van der Waals surface area contributed by atoms with Gasteiger partial charge in [-0.15, -0.1) is 5.10 Å². The maximum absolute atomic E-state index is 12.8. The first-order chi connectivity index (χ1) is 9.52. The fourth-order valence-electron chi connectivity index (χ4n) is 1.90. The minimum Gasteiger partial charge on any atom is -0.239 e. The van der Waals surface area contributed by atoms with E-state index in [1.54, 1.807) is 0 Å². The topological polar surface area (TPSA) is 54.5 Å². The fourth-order valence-corrected chi connectivity index (χ4v) is 1.90. The van der Waals surface area contributed by atoms with Crippen molar-refractivity contribution >= 4 is 0 Å². The first kappa shape index (κ1) is 14.1. The van der Waals surface area contributed by atoms with Gasteiger partial charge in [0.25, 0.3) is 0 Å². The lowest BCUT2D eigenvalue weighted by atomic mass is 10.1. The molecule has 4 nitrogen and oxygen atoms in total. The van der Waals surface area contributed by atoms with Crippen molar-refractivity contribution in [2.75, 3.05) is 0 Å². The molecule has 1 aromatic heterocycles. The molecule has 0 spiro atoms. The third-order valence-electron chi connectivity index (χ3n) is 2.79. The van der Waals surface area contributed by atoms with E-state index in [0.29, 0.717) is 12.8 Å². The van der Waals surface area contributed by atoms with Crippen LogP contribution < -0.4 is 0 Å². The van der Waals surface area contributed by atoms with Crippen LogP contribution in [0, 0.1) is 11.3 Å². The van der Waals surface area contributed by atoms with E-state index in [0.717, 1.165) is 10.2 Å². The first-order valence-electron chi connectivity index (χ1n) is 5.97. The lowest BCUT2D eigenvalue weighted by Gasteiger charge is -2.09. The van der Waals surface area contributed by atoms with Gasteiger partial charge in [0, 0.05) is 6.54 Å². The van der Waals surface area contributed by atoms with Gasteiger partial charge in [-0.05, 0) is 18.4 Å². The number of benzene rings is 1. The maximum atomic E-state index is 12.8. The van der Waals surface area contributed by atoms with Crippen LogP contribution in [0.2, 0.25) is 0 Å². The Morgan fingerprint density at radius 2 is 1.90 bits per heavy atom. The van der Waals surface area contributed by atoms with E-state index in [9.17, 15) is 13.2 Å². The van der Waals surface area contributed by atoms with Crippen LogP contribution in [0.4, 0.5) is 13.2 Å². The predicted molar refractivity (Wildman–Crippen MR) is 64.5 cm³/mol. The van der Waals surface area contributed by atoms with Crippen molar-refractivity contribution < 1.29 is 13.2 Å². The van der Waals surface area contributed by atoms with E-state index in [1.165, 1.54) is 6.07 Å². The van der Waals surface area contributed by atoms with E-state index < -0.39 is 17.6 Å². The normalized spacial score (nSPS) is 11.3. The fraction of sp³-hybridized carbons (Fsp3) is 0.308. The average Bonchev–Trinajstić information content (AvgIpc) is 2.83. The summed E-state index contributed by atoms with van der Waals surface area (Å²) in [5, 5.41) is 15.3. The Hall–Kier alpha value is -2.36. The van der Waals surface area contributed by atoms with E-state index in [-0.39, 0.29) is 6.54 Å². The number of hydrogen-bond donors (Lipinski definition) is 0. The van der Waals surface area contributed by atoms with Gasteiger partial charge in [-0.3, -0.25) is 0 Å². The second kappa shape index (κ2) is 5.74. The van der Waals surface area contributed by atoms with Gasteiger partial charge in [0.15, 0.2) is 11.4 Å². The van der Waals surface area contributed by atoms with Crippen molar-refractivity contribution in [1.82, 2.24) is 15.0 Å². The number of rotatable bonds is 4. The van der Waals surface area contributed by atoms with Crippen LogP contribution in [-0.2, 0) is 19.1 Å². The van der Waals surface area contributed by atoms with Crippen molar-refractivity contribution in [3.05, 3.63) is 47.3 Å². The number of halogens is 3. The number of nitriles is 1. The van der Waals surface area contributed by atoms with Gasteiger partial charge >= 0.3 is 6.18 Å². The highest BCUT2D eigenvalue weighted by atomic mass is 19.4. The summed E-state index contributed by atoms with van der Waals surface area (Å²) in [7, 11) is 0. The van der Waals surface area contributed by atoms with Crippen molar-refractivity contribution in [2.45, 2.75) is 25.6 Å². The Labute approximate surface area is 113 Å². The summed E-state index contributed by atoms with van der Waals surface area (Å²) in [4.78, 5) is 0. The highest BCUT2D eigenvalue weighted by Crippen LogP contribution is 2.30. The second-order valence-electron chi connectivity index (χ2n) is 4.21. The standard InChI is InChI=1S/C13H11F3N4/c14-13(15,16)12-11(9-17)18-19-20(12)8-4-7-10-5-2-1-3-6-10/h1-3,5-6H,4,7-8H2. The third-order valence-corrected chi connectivity index (χ3v) is 2.79. The second-order valence-corrected chi connectivity index (χ2v) is 4.21. The number of alkyl halides is 3. The molecule has 2 aromatic rings. The Morgan fingerprint density at radius 3 is 2.50 bits per heavy atom. The molecule has 0 amide bonds. The summed E-state index contributed by atoms with van der Waals surface area (Å²) in [6.45, 7) is 0.0679. The van der Waals surface area contributed by atoms with Gasteiger partial charge in [0.05, 0.1) is 0 Å². The number of aromatic nitrogens is 3. The molecule has 0 saturated carbocycles. The van der Waals surface area contributed by atoms with Gasteiger partial charge in [-0.1, -0.05) is 35.5 Å². The molecule has 104 valence electrons. The third kappa shape index (κ3) is 3.15. The molecule has 1 heterocycles. The monoisotopic (exact) mass is 280 g/mol. The minimum absolute atomic E-state index is 0.0679. The Kier molecular flexibility index (Phi) is 4.03. The van der Waals surface area contributed by atoms with Crippen molar-refractivity contribution in [2.24, 2.45) is 0 Å². The van der Waals surface area contributed by atoms with Gasteiger partial charge in [0.1, 0.15) is 6.07 Å². The number of nitrogens with zero attached hydrogens (tertiary/aromatic N) is 4. The molecular formula is C13H11F3N4. The Bertz CT molecular complexity index is 611. The molecular weight excluding hydrogens is 269 g/mol. The molecule has 0 N–H and O–H groups in total. The summed E-state index contributed by atoms with van der Waals surface area (Å²) in [6, 6.07) is 10.9. The van der Waals surface area contributed by atoms with Crippen LogP contribution in [-0.4, -0.2) is 15.0 Å². The predicted octanol–water partition coefficient (Wildman–Crippen LogP) is 2.80. The highest BCUT2D eigenvalue weighted by Gasteiger charge is 2.39. The molecule has 0 radical (unpaired) electrons. The molecule has 0 bridgehead atoms. The van der Waals surface area contributed by atoms with Crippen LogP contribution in [0.3, 0.4) is 0 Å². The van der Waals surface area contributed by atoms with Crippen molar-refractivity contribution in [1.29, 1.82) is 5.26 Å². The first-order valence-corrected chi connectivity index (χ1v) is 5.97. The molecule has 0 atom stereocenters. The molecule has 0 aliphatic rings. The van der Waals surface area contributed by atoms with Crippen LogP contribution >= 0.6 is 0 Å². The molecule has 7 heteroatoms. The van der Waals surface area contributed by atoms with Gasteiger partial charge in [0.2, 0.25) is 0 Å². The maximum Gasteiger partial charge on any atom is 0.436 e. The van der Waals surface area contributed by atoms with E-state index >= 15 is 0 Å². The molecule has 1 aromatic carbocycles. The SMILES string of the molecule is N#Cc1nnn(CCCc2ccccc2)c1C(F)(F)F. The Morgan fingerprint density at radius 1 is 1.20 bits per heavy atom. The molecule has 0 aliphatic carbocycles. The van der Waals surface area contributed by atoms with E-state index in [1.807, 2.05) is 30.3 Å². The number of aryl methyl sites for hydroxylation is 2. The largest absolute Gasteiger partial charge is 0.436 e. The molecule has 0 saturated heterocycles. The zero-order valence-electron chi connectivity index (χ0n) is 10.4. The lowest BCUT2D eigenvalue weighted by molar-refractivity contribution is -0.144. The summed E-state index contributed by atoms with van der Waals surface area (Å²) in [5.74, 6) is 0. The summed E-state index contributed by atoms with van der Waals surface area (Å²) in [5.41, 5.74) is -0.716. The van der Waals surface area contributed by atoms with Gasteiger partial charge < -0.3 is 0 Å². The van der Waals surface area contributed by atoms with Crippen molar-refractivity contribution in [3.8, 4) is 6.07 Å². The van der Waals surface area contributed by atoms with Crippen LogP contribution in [0.1, 0.15) is 23.4 Å². The van der Waals surface area contributed by atoms with Crippen LogP contribution in [0.15, 0.2) is 30.3 Å². The van der Waals surface area contributed by atoms with Crippen LogP contribution in [0.5, 0.6) is 0 Å². The van der Waals surface area contributed by atoms with Crippen molar-refractivity contribution in [3.63, 3.8) is 0 Å². The van der Waals surface area contributed by atoms with E-state index in [4.69, 9.17) is 5.26 Å². The molecule has 2 rings (SSSR count). The summed E-state index contributed by atoms with van der Waals surface area (Å²) in [6.07, 6.45) is -3.50.